The molecule has 0 bridgehead atoms. The second-order valence-corrected chi connectivity index (χ2v) is 24.2. The molecule has 1 aliphatic carbocycles. The van der Waals surface area contributed by atoms with Crippen molar-refractivity contribution in [3.8, 4) is 11.5 Å². The number of anilines is 1. The molecule has 9 N–H and O–H groups in total. The molecule has 28 nitrogen and oxygen atoms in total. The van der Waals surface area contributed by atoms with E-state index in [9.17, 15) is 83.0 Å². The Hall–Kier alpha value is -7.56. The second kappa shape index (κ2) is 33.9. The van der Waals surface area contributed by atoms with Crippen molar-refractivity contribution >= 4 is 77.7 Å². The minimum atomic E-state index is -5.16. The maximum Gasteiger partial charge on any atom is 0.524 e. The van der Waals surface area contributed by atoms with Gasteiger partial charge in [-0.25, -0.2) is 28.9 Å². The van der Waals surface area contributed by atoms with Crippen LogP contribution in [-0.2, 0) is 48.3 Å². The van der Waals surface area contributed by atoms with E-state index < -0.39 is 71.5 Å². The van der Waals surface area contributed by atoms with Crippen LogP contribution in [0, 0.1) is 19.7 Å². The predicted octanol–water partition coefficient (Wildman–Crippen LogP) is 5.06. The fraction of sp³-hybridized carbons (Fsp3) is 0.593. The van der Waals surface area contributed by atoms with Gasteiger partial charge in [0.15, 0.2) is 0 Å². The Balaban J connectivity index is 0.964. The van der Waals surface area contributed by atoms with Crippen LogP contribution in [0.3, 0.4) is 0 Å². The third kappa shape index (κ3) is 22.8. The number of carbonyl (C=O) groups is 9. The van der Waals surface area contributed by atoms with Gasteiger partial charge in [0.2, 0.25) is 46.8 Å². The van der Waals surface area contributed by atoms with Crippen molar-refractivity contribution in [3.05, 3.63) is 62.7 Å². The molecule has 3 aromatic rings. The standard InChI is InChI=1S/C59H85FN9O19P/c1-38-33-47(88-89(84,85)86)55(59(4,5)36-53(76)65-31-29-64(30-32-65)46-35-45-42(34-44(46)60)56(78)43(58(79)80)37-66(45)41-15-16-41)39(2)57(38)87-54(77)22-19-50(73)63-25-11-8-14-28-69(83)52(75)21-18-49(72)62-24-10-7-13-27-68(82)51(74)20-17-48(71)61-23-9-6-12-26-67(81)40(3)70/h33-35,37,41,81-83H,6-32,36H2,1-5H3,(H,61,71)(H,62,72)(H,63,73)(H,79,80)(H2,84,85,86). The van der Waals surface area contributed by atoms with E-state index in [4.69, 9.17) is 9.26 Å². The highest BCUT2D eigenvalue weighted by Gasteiger charge is 2.37. The Bertz CT molecular complexity index is 3160. The molecular weight excluding hydrogens is 1190 g/mol. The molecule has 5 rings (SSSR count). The number of carboxylic acids is 1. The Morgan fingerprint density at radius 3 is 1.66 bits per heavy atom. The maximum atomic E-state index is 15.7. The van der Waals surface area contributed by atoms with Crippen molar-refractivity contribution in [2.24, 2.45) is 0 Å². The lowest BCUT2D eigenvalue weighted by Crippen LogP contribution is -2.50. The number of amides is 7. The molecule has 492 valence electrons. The monoisotopic (exact) mass is 1270 g/mol. The topological polar surface area (TPSA) is 385 Å². The van der Waals surface area contributed by atoms with Gasteiger partial charge in [-0.15, -0.1) is 0 Å². The smallest absolute Gasteiger partial charge is 0.477 e. The number of aromatic carboxylic acids is 1. The number of hydroxylamine groups is 6. The number of esters is 1. The maximum absolute atomic E-state index is 15.7. The zero-order valence-corrected chi connectivity index (χ0v) is 52.1. The summed E-state index contributed by atoms with van der Waals surface area (Å²) in [6, 6.07) is 3.86. The number of nitrogens with zero attached hydrogens (tertiary/aromatic N) is 6. The van der Waals surface area contributed by atoms with Gasteiger partial charge in [-0.05, 0) is 114 Å². The van der Waals surface area contributed by atoms with E-state index >= 15 is 4.39 Å². The van der Waals surface area contributed by atoms with Crippen LogP contribution >= 0.6 is 7.82 Å². The molecule has 2 fully saturated rings. The number of hydrogen-bond acceptors (Lipinski definition) is 17. The van der Waals surface area contributed by atoms with Crippen molar-refractivity contribution in [2.45, 2.75) is 162 Å². The van der Waals surface area contributed by atoms with Gasteiger partial charge in [0, 0.05) is 139 Å². The number of piperazine rings is 1. The van der Waals surface area contributed by atoms with Gasteiger partial charge in [0.05, 0.1) is 17.6 Å². The number of rotatable bonds is 36. The van der Waals surface area contributed by atoms with Crippen LogP contribution in [0.25, 0.3) is 10.9 Å². The zero-order chi connectivity index (χ0) is 65.8. The number of carboxylic acid groups (broad SMARTS) is 1. The molecule has 0 atom stereocenters. The Morgan fingerprint density at radius 1 is 0.697 bits per heavy atom. The molecule has 0 spiro atoms. The van der Waals surface area contributed by atoms with Gasteiger partial charge in [-0.3, -0.25) is 68.6 Å². The average molecular weight is 1270 g/mol. The summed E-state index contributed by atoms with van der Waals surface area (Å²) in [6.07, 6.45) is 6.14. The van der Waals surface area contributed by atoms with E-state index in [0.29, 0.717) is 85.0 Å². The van der Waals surface area contributed by atoms with Crippen LogP contribution in [0.4, 0.5) is 10.1 Å². The fourth-order valence-corrected chi connectivity index (χ4v) is 10.8. The van der Waals surface area contributed by atoms with Crippen molar-refractivity contribution in [3.63, 3.8) is 0 Å². The van der Waals surface area contributed by atoms with E-state index in [-0.39, 0.29) is 161 Å². The quantitative estimate of drug-likeness (QED) is 0.00917. The molecule has 1 saturated carbocycles. The zero-order valence-electron chi connectivity index (χ0n) is 51.2. The SMILES string of the molecule is CC(=O)N(O)CCCCCNC(=O)CCC(=O)N(O)CCCCCNC(=O)CCC(=O)N(O)CCCCCNC(=O)CCC(=O)Oc1c(C)cc(OP(=O)(O)O)c(C(C)(C)CC(=O)N2CCN(c3cc4c(cc3F)c(=O)c(C(=O)O)cn4C3CC3)CC2)c1C. The fourth-order valence-electron chi connectivity index (χ4n) is 10.4. The molecule has 2 aromatic carbocycles. The first-order valence-corrected chi connectivity index (χ1v) is 31.5. The third-order valence-corrected chi connectivity index (χ3v) is 15.8. The lowest BCUT2D eigenvalue weighted by Gasteiger charge is -2.38. The molecule has 1 saturated heterocycles. The van der Waals surface area contributed by atoms with Gasteiger partial charge >= 0.3 is 19.8 Å². The first kappa shape index (κ1) is 72.2. The Morgan fingerprint density at radius 2 is 1.19 bits per heavy atom. The molecule has 7 amide bonds. The number of pyridine rings is 1. The van der Waals surface area contributed by atoms with E-state index in [1.165, 1.54) is 32.2 Å². The summed E-state index contributed by atoms with van der Waals surface area (Å²) in [5.74, 6) is -6.36. The molecule has 89 heavy (non-hydrogen) atoms. The number of carbonyl (C=O) groups excluding carboxylic acids is 8. The number of benzene rings is 2. The van der Waals surface area contributed by atoms with Crippen LogP contribution in [0.1, 0.15) is 169 Å². The molecule has 1 aliphatic heterocycles. The van der Waals surface area contributed by atoms with Crippen molar-refractivity contribution < 1.29 is 91.9 Å². The normalized spacial score (nSPS) is 13.4. The van der Waals surface area contributed by atoms with Crippen molar-refractivity contribution in [1.82, 2.24) is 40.6 Å². The first-order chi connectivity index (χ1) is 42.0. The van der Waals surface area contributed by atoms with Gasteiger partial charge < -0.3 is 44.7 Å². The Kier molecular flexibility index (Phi) is 27.5. The predicted molar refractivity (Wildman–Crippen MR) is 319 cm³/mol. The molecule has 1 aromatic heterocycles. The minimum absolute atomic E-state index is 0.0157. The number of ether oxygens (including phenoxy) is 1. The summed E-state index contributed by atoms with van der Waals surface area (Å²) in [6.45, 7) is 9.50. The largest absolute Gasteiger partial charge is 0.524 e. The van der Waals surface area contributed by atoms with Crippen LogP contribution in [0.5, 0.6) is 11.5 Å². The molecular formula is C59H85FN9O19P. The lowest BCUT2D eigenvalue weighted by atomic mass is 9.77. The summed E-state index contributed by atoms with van der Waals surface area (Å²) in [4.78, 5) is 148. The van der Waals surface area contributed by atoms with Crippen LogP contribution < -0.4 is 35.5 Å². The highest BCUT2D eigenvalue weighted by atomic mass is 31.2. The number of aryl methyl sites for hydroxylation is 1. The van der Waals surface area contributed by atoms with Gasteiger partial charge in [-0.1, -0.05) is 13.8 Å². The minimum Gasteiger partial charge on any atom is -0.477 e. The van der Waals surface area contributed by atoms with Crippen LogP contribution in [0.2, 0.25) is 0 Å². The number of phosphoric ester groups is 1. The first-order valence-electron chi connectivity index (χ1n) is 30.0. The van der Waals surface area contributed by atoms with E-state index in [2.05, 4.69) is 16.0 Å². The molecule has 0 unspecified atom stereocenters. The Labute approximate surface area is 514 Å². The number of phosphoric acid groups is 1. The number of fused-ring (bicyclic) bond motifs is 1. The van der Waals surface area contributed by atoms with E-state index in [1.54, 1.807) is 35.1 Å². The van der Waals surface area contributed by atoms with Gasteiger partial charge in [0.25, 0.3) is 0 Å². The average Bonchev–Trinajstić information content (AvgIpc) is 1.77. The molecule has 2 heterocycles. The molecule has 30 heteroatoms. The van der Waals surface area contributed by atoms with Crippen molar-refractivity contribution in [2.75, 3.05) is 70.3 Å². The summed E-state index contributed by atoms with van der Waals surface area (Å²) in [7, 11) is -5.16. The molecule has 2 aliphatic rings. The number of unbranched alkanes of at least 4 members (excludes halogenated alkanes) is 6. The number of halogens is 1. The third-order valence-electron chi connectivity index (χ3n) is 15.3. The number of aromatic nitrogens is 1. The summed E-state index contributed by atoms with van der Waals surface area (Å²) in [5.41, 5.74) is -1.13. The van der Waals surface area contributed by atoms with E-state index in [0.717, 1.165) is 18.9 Å². The highest BCUT2D eigenvalue weighted by Crippen LogP contribution is 2.48. The van der Waals surface area contributed by atoms with E-state index in [1.807, 2.05) is 0 Å². The van der Waals surface area contributed by atoms with Crippen molar-refractivity contribution in [1.29, 1.82) is 0 Å². The van der Waals surface area contributed by atoms with Gasteiger partial charge in [-0.2, -0.15) is 0 Å². The number of nitrogens with one attached hydrogen (secondary N) is 3. The van der Waals surface area contributed by atoms with Crippen LogP contribution in [-0.4, -0.2) is 174 Å². The van der Waals surface area contributed by atoms with Crippen LogP contribution in [0.15, 0.2) is 29.2 Å². The van der Waals surface area contributed by atoms with Gasteiger partial charge in [0.1, 0.15) is 22.9 Å². The second-order valence-electron chi connectivity index (χ2n) is 23.0. The highest BCUT2D eigenvalue weighted by molar-refractivity contribution is 7.46. The lowest BCUT2D eigenvalue weighted by molar-refractivity contribution is -0.166. The number of hydrogen-bond donors (Lipinski definition) is 9. The summed E-state index contributed by atoms with van der Waals surface area (Å²) >= 11 is 0. The molecule has 0 radical (unpaired) electrons. The summed E-state index contributed by atoms with van der Waals surface area (Å²) in [5, 5.41) is 49.0. The summed E-state index contributed by atoms with van der Waals surface area (Å²) < 4.78 is 40.5.